The van der Waals surface area contributed by atoms with Crippen LogP contribution in [0.2, 0.25) is 0 Å². The van der Waals surface area contributed by atoms with Crippen LogP contribution in [-0.2, 0) is 4.79 Å². The van der Waals surface area contributed by atoms with Gasteiger partial charge in [0.15, 0.2) is 10.9 Å². The van der Waals surface area contributed by atoms with Crippen LogP contribution in [-0.4, -0.2) is 47.8 Å². The van der Waals surface area contributed by atoms with Crippen molar-refractivity contribution in [2.45, 2.75) is 26.7 Å². The first-order valence-corrected chi connectivity index (χ1v) is 9.76. The second-order valence-corrected chi connectivity index (χ2v) is 8.27. The Kier molecular flexibility index (Phi) is 5.30. The quantitative estimate of drug-likeness (QED) is 0.766. The Morgan fingerprint density at radius 3 is 2.50 bits per heavy atom. The topological polar surface area (TPSA) is 53.5 Å². The monoisotopic (exact) mass is 363 g/mol. The predicted molar refractivity (Wildman–Crippen MR) is 98.3 cm³/mol. The van der Waals surface area contributed by atoms with Gasteiger partial charge in [-0.15, -0.1) is 22.7 Å². The van der Waals surface area contributed by atoms with Crippen molar-refractivity contribution in [3.63, 3.8) is 0 Å². The Morgan fingerprint density at radius 1 is 1.17 bits per heavy atom. The van der Waals surface area contributed by atoms with E-state index in [2.05, 4.69) is 9.88 Å². The zero-order chi connectivity index (χ0) is 17.1. The molecule has 1 fully saturated rings. The number of aryl methyl sites for hydroxylation is 2. The van der Waals surface area contributed by atoms with Crippen LogP contribution in [0, 0.1) is 13.8 Å². The molecule has 0 N–H and O–H groups in total. The highest BCUT2D eigenvalue weighted by Crippen LogP contribution is 2.23. The van der Waals surface area contributed by atoms with E-state index in [4.69, 9.17) is 0 Å². The van der Waals surface area contributed by atoms with Gasteiger partial charge in [0.05, 0.1) is 0 Å². The number of aromatic nitrogens is 1. The number of carbonyl (C=O) groups excluding carboxylic acids is 2. The zero-order valence-corrected chi connectivity index (χ0v) is 15.6. The van der Waals surface area contributed by atoms with Crippen LogP contribution in [0.1, 0.15) is 33.0 Å². The van der Waals surface area contributed by atoms with Crippen molar-refractivity contribution < 1.29 is 9.59 Å². The third-order valence-corrected chi connectivity index (χ3v) is 6.03. The summed E-state index contributed by atoms with van der Waals surface area (Å²) in [4.78, 5) is 35.2. The molecule has 0 spiro atoms. The minimum absolute atomic E-state index is 0.0756. The molecular formula is C17H21N3O2S2. The molecule has 0 bridgehead atoms. The molecular weight excluding hydrogens is 342 g/mol. The Balaban J connectivity index is 1.48. The van der Waals surface area contributed by atoms with Gasteiger partial charge in [-0.2, -0.15) is 0 Å². The van der Waals surface area contributed by atoms with Crippen molar-refractivity contribution in [1.82, 2.24) is 9.88 Å². The molecule has 1 amide bonds. The summed E-state index contributed by atoms with van der Waals surface area (Å²) in [6.45, 7) is 6.96. The van der Waals surface area contributed by atoms with Gasteiger partial charge in [0, 0.05) is 65.9 Å². The summed E-state index contributed by atoms with van der Waals surface area (Å²) in [5, 5.41) is 2.98. The lowest BCUT2D eigenvalue weighted by molar-refractivity contribution is -0.131. The van der Waals surface area contributed by atoms with E-state index < -0.39 is 0 Å². The number of nitrogens with zero attached hydrogens (tertiary/aromatic N) is 3. The molecule has 7 heteroatoms. The van der Waals surface area contributed by atoms with Gasteiger partial charge in [0.25, 0.3) is 0 Å². The minimum atomic E-state index is 0.0756. The van der Waals surface area contributed by atoms with Crippen molar-refractivity contribution >= 4 is 39.5 Å². The molecule has 128 valence electrons. The average Bonchev–Trinajstić information content (AvgIpc) is 3.22. The first kappa shape index (κ1) is 17.1. The van der Waals surface area contributed by atoms with Crippen molar-refractivity contribution in [2.75, 3.05) is 31.1 Å². The largest absolute Gasteiger partial charge is 0.345 e. The summed E-state index contributed by atoms with van der Waals surface area (Å²) >= 11 is 3.25. The highest BCUT2D eigenvalue weighted by atomic mass is 32.1. The Labute approximate surface area is 149 Å². The van der Waals surface area contributed by atoms with E-state index >= 15 is 0 Å². The molecule has 3 rings (SSSR count). The van der Waals surface area contributed by atoms with Crippen molar-refractivity contribution in [3.8, 4) is 0 Å². The number of carbonyl (C=O) groups is 2. The standard InChI is InChI=1S/C17H21N3O2S2/c1-12-11-14(13(2)24-12)15(21)3-4-16(22)19-6-8-20(9-7-19)17-18-5-10-23-17/h5,10-11H,3-4,6-9H2,1-2H3. The molecule has 5 nitrogen and oxygen atoms in total. The fraction of sp³-hybridized carbons (Fsp3) is 0.471. The average molecular weight is 364 g/mol. The lowest BCUT2D eigenvalue weighted by Gasteiger charge is -2.34. The fourth-order valence-electron chi connectivity index (χ4n) is 2.94. The maximum atomic E-state index is 12.4. The second-order valence-electron chi connectivity index (χ2n) is 5.93. The molecule has 0 saturated carbocycles. The number of ketones is 1. The second kappa shape index (κ2) is 7.44. The number of hydrogen-bond acceptors (Lipinski definition) is 6. The maximum absolute atomic E-state index is 12.4. The first-order valence-electron chi connectivity index (χ1n) is 8.07. The Morgan fingerprint density at radius 2 is 1.92 bits per heavy atom. The zero-order valence-electron chi connectivity index (χ0n) is 13.9. The lowest BCUT2D eigenvalue weighted by atomic mass is 10.1. The number of piperazine rings is 1. The predicted octanol–water partition coefficient (Wildman–Crippen LogP) is 3.13. The molecule has 0 aliphatic carbocycles. The molecule has 0 radical (unpaired) electrons. The van der Waals surface area contributed by atoms with Gasteiger partial charge in [-0.3, -0.25) is 9.59 Å². The van der Waals surface area contributed by atoms with Crippen LogP contribution in [0.3, 0.4) is 0 Å². The van der Waals surface area contributed by atoms with Crippen molar-refractivity contribution in [3.05, 3.63) is 33.0 Å². The molecule has 0 atom stereocenters. The molecule has 2 aromatic heterocycles. The van der Waals surface area contributed by atoms with Gasteiger partial charge in [-0.25, -0.2) is 4.98 Å². The normalized spacial score (nSPS) is 14.9. The van der Waals surface area contributed by atoms with E-state index in [1.807, 2.05) is 30.2 Å². The van der Waals surface area contributed by atoms with Gasteiger partial charge < -0.3 is 9.80 Å². The summed E-state index contributed by atoms with van der Waals surface area (Å²) in [6.07, 6.45) is 2.39. The number of hydrogen-bond donors (Lipinski definition) is 0. The summed E-state index contributed by atoms with van der Waals surface area (Å²) in [7, 11) is 0. The highest BCUT2D eigenvalue weighted by Gasteiger charge is 2.23. The number of rotatable bonds is 5. The number of amides is 1. The van der Waals surface area contributed by atoms with Gasteiger partial charge in [-0.05, 0) is 19.9 Å². The van der Waals surface area contributed by atoms with E-state index in [9.17, 15) is 9.59 Å². The van der Waals surface area contributed by atoms with Crippen molar-refractivity contribution in [1.29, 1.82) is 0 Å². The minimum Gasteiger partial charge on any atom is -0.345 e. The van der Waals surface area contributed by atoms with Gasteiger partial charge in [-0.1, -0.05) is 0 Å². The third-order valence-electron chi connectivity index (χ3n) is 4.23. The highest BCUT2D eigenvalue weighted by molar-refractivity contribution is 7.13. The van der Waals surface area contributed by atoms with Gasteiger partial charge >= 0.3 is 0 Å². The van der Waals surface area contributed by atoms with E-state index in [-0.39, 0.29) is 11.7 Å². The van der Waals surface area contributed by atoms with E-state index in [1.165, 1.54) is 0 Å². The lowest BCUT2D eigenvalue weighted by Crippen LogP contribution is -2.48. The summed E-state index contributed by atoms with van der Waals surface area (Å²) in [5.74, 6) is 0.151. The van der Waals surface area contributed by atoms with E-state index in [0.717, 1.165) is 33.5 Å². The van der Waals surface area contributed by atoms with Crippen molar-refractivity contribution in [2.24, 2.45) is 0 Å². The maximum Gasteiger partial charge on any atom is 0.223 e. The molecule has 2 aromatic rings. The summed E-state index contributed by atoms with van der Waals surface area (Å²) in [5.41, 5.74) is 0.777. The molecule has 0 aromatic carbocycles. The van der Waals surface area contributed by atoms with Crippen LogP contribution in [0.4, 0.5) is 5.13 Å². The van der Waals surface area contributed by atoms with E-state index in [0.29, 0.717) is 25.9 Å². The van der Waals surface area contributed by atoms with Crippen LogP contribution in [0.15, 0.2) is 17.6 Å². The Hall–Kier alpha value is -1.73. The molecule has 24 heavy (non-hydrogen) atoms. The number of Topliss-reactive ketones (excluding diaryl/α,β-unsaturated/α-hetero) is 1. The van der Waals surface area contributed by atoms with Crippen LogP contribution >= 0.6 is 22.7 Å². The van der Waals surface area contributed by atoms with E-state index in [1.54, 1.807) is 28.9 Å². The van der Waals surface area contributed by atoms with Crippen LogP contribution in [0.5, 0.6) is 0 Å². The molecule has 1 aliphatic heterocycles. The smallest absolute Gasteiger partial charge is 0.223 e. The van der Waals surface area contributed by atoms with Gasteiger partial charge in [0.1, 0.15) is 0 Å². The number of thiophene rings is 1. The number of thiazole rings is 1. The molecule has 0 unspecified atom stereocenters. The molecule has 3 heterocycles. The van der Waals surface area contributed by atoms with Crippen LogP contribution in [0.25, 0.3) is 0 Å². The summed E-state index contributed by atoms with van der Waals surface area (Å²) < 4.78 is 0. The van der Waals surface area contributed by atoms with Gasteiger partial charge in [0.2, 0.25) is 5.91 Å². The number of anilines is 1. The summed E-state index contributed by atoms with van der Waals surface area (Å²) in [6, 6.07) is 1.93. The Bertz CT molecular complexity index is 716. The van der Waals surface area contributed by atoms with Crippen LogP contribution < -0.4 is 4.90 Å². The fourth-order valence-corrected chi connectivity index (χ4v) is 4.58. The molecule has 1 aliphatic rings. The first-order chi connectivity index (χ1) is 11.5. The SMILES string of the molecule is Cc1cc(C(=O)CCC(=O)N2CCN(c3nccs3)CC2)c(C)s1. The molecule has 1 saturated heterocycles. The third kappa shape index (κ3) is 3.84.